The second kappa shape index (κ2) is 13.6. The number of thiophene rings is 1. The molecule has 0 unspecified atom stereocenters. The highest BCUT2D eigenvalue weighted by Crippen LogP contribution is 2.44. The Hall–Kier alpha value is -7.46. The van der Waals surface area contributed by atoms with Crippen LogP contribution in [-0.2, 0) is 0 Å². The number of hydrogen-bond donors (Lipinski definition) is 0. The van der Waals surface area contributed by atoms with E-state index < -0.39 is 0 Å². The molecule has 0 amide bonds. The summed E-state index contributed by atoms with van der Waals surface area (Å²) in [5, 5.41) is 9.67. The molecule has 59 heavy (non-hydrogen) atoms. The van der Waals surface area contributed by atoms with Crippen molar-refractivity contribution in [1.29, 1.82) is 0 Å². The number of fused-ring (bicyclic) bond motifs is 10. The first-order valence-corrected chi connectivity index (χ1v) is 20.9. The van der Waals surface area contributed by atoms with E-state index in [2.05, 4.69) is 217 Å². The minimum atomic E-state index is 0.910. The van der Waals surface area contributed by atoms with Crippen LogP contribution in [0, 0.1) is 0 Å². The maximum Gasteiger partial charge on any atom is 0.143 e. The van der Waals surface area contributed by atoms with E-state index in [1.807, 2.05) is 11.3 Å². The third-order valence-corrected chi connectivity index (χ3v) is 13.1. The van der Waals surface area contributed by atoms with Crippen molar-refractivity contribution in [3.05, 3.63) is 212 Å². The molecule has 0 aliphatic rings. The number of anilines is 3. The van der Waals surface area contributed by atoms with Gasteiger partial charge in [-0.05, 0) is 92.5 Å². The van der Waals surface area contributed by atoms with E-state index in [0.717, 1.165) is 50.1 Å². The Kier molecular flexibility index (Phi) is 7.75. The van der Waals surface area contributed by atoms with E-state index in [0.29, 0.717) is 0 Å². The molecular weight excluding hydrogens is 735 g/mol. The van der Waals surface area contributed by atoms with E-state index in [1.165, 1.54) is 64.0 Å². The second-order valence-corrected chi connectivity index (χ2v) is 16.3. The molecule has 12 rings (SSSR count). The largest absolute Gasteiger partial charge is 0.455 e. The smallest absolute Gasteiger partial charge is 0.143 e. The van der Waals surface area contributed by atoms with Crippen LogP contribution in [0.5, 0.6) is 0 Å². The maximum absolute atomic E-state index is 6.91. The fraction of sp³-hybridized carbons (Fsp3) is 0. The molecular formula is C56H35NOS. The first kappa shape index (κ1) is 33.7. The Morgan fingerprint density at radius 3 is 1.59 bits per heavy atom. The lowest BCUT2D eigenvalue weighted by atomic mass is 9.98. The molecule has 10 aromatic carbocycles. The highest BCUT2D eigenvalue weighted by atomic mass is 32.1. The zero-order valence-electron chi connectivity index (χ0n) is 32.0. The van der Waals surface area contributed by atoms with E-state index in [-0.39, 0.29) is 0 Å². The first-order chi connectivity index (χ1) is 29.2. The van der Waals surface area contributed by atoms with Gasteiger partial charge in [0.25, 0.3) is 0 Å². The third-order valence-electron chi connectivity index (χ3n) is 11.9. The Bertz CT molecular complexity index is 3530. The summed E-state index contributed by atoms with van der Waals surface area (Å²) in [4.78, 5) is 2.35. The van der Waals surface area contributed by atoms with Crippen LogP contribution in [-0.4, -0.2) is 0 Å². The van der Waals surface area contributed by atoms with Crippen molar-refractivity contribution in [2.45, 2.75) is 0 Å². The average Bonchev–Trinajstić information content (AvgIpc) is 3.89. The number of rotatable bonds is 6. The SMILES string of the molecule is c1ccc(-c2ccc(N(c3ccc(-c4cccc5c4oc4c5ccc5ccc6ccccc6c54)cc3)c3ccc(-c4cccc5c4sc4ccccc45)cc3)cc2)cc1. The summed E-state index contributed by atoms with van der Waals surface area (Å²) in [6, 6.07) is 76.7. The maximum atomic E-state index is 6.91. The fourth-order valence-corrected chi connectivity index (χ4v) is 10.2. The molecule has 3 heteroatoms. The molecule has 0 N–H and O–H groups in total. The third kappa shape index (κ3) is 5.55. The number of para-hydroxylation sites is 1. The van der Waals surface area contributed by atoms with Gasteiger partial charge in [-0.3, -0.25) is 0 Å². The molecule has 0 aliphatic heterocycles. The average molecular weight is 770 g/mol. The fourth-order valence-electron chi connectivity index (χ4n) is 9.01. The summed E-state index contributed by atoms with van der Waals surface area (Å²) in [5.41, 5.74) is 12.2. The molecule has 2 heterocycles. The van der Waals surface area contributed by atoms with Gasteiger partial charge in [-0.25, -0.2) is 0 Å². The van der Waals surface area contributed by atoms with Crippen LogP contribution in [0.2, 0.25) is 0 Å². The van der Waals surface area contributed by atoms with Gasteiger partial charge in [-0.1, -0.05) is 164 Å². The van der Waals surface area contributed by atoms with Crippen molar-refractivity contribution < 1.29 is 4.42 Å². The van der Waals surface area contributed by atoms with Crippen LogP contribution < -0.4 is 4.90 Å². The van der Waals surface area contributed by atoms with Gasteiger partial charge >= 0.3 is 0 Å². The number of furan rings is 1. The second-order valence-electron chi connectivity index (χ2n) is 15.2. The van der Waals surface area contributed by atoms with Gasteiger partial charge in [-0.15, -0.1) is 11.3 Å². The highest BCUT2D eigenvalue weighted by molar-refractivity contribution is 7.26. The van der Waals surface area contributed by atoms with Crippen molar-refractivity contribution in [2.75, 3.05) is 4.90 Å². The van der Waals surface area contributed by atoms with Crippen LogP contribution >= 0.6 is 11.3 Å². The lowest BCUT2D eigenvalue weighted by molar-refractivity contribution is 0.674. The van der Waals surface area contributed by atoms with E-state index in [9.17, 15) is 0 Å². The molecule has 0 fully saturated rings. The standard InChI is InChI=1S/C56H35NOS/c1-2-10-36(11-3-1)37-22-29-42(30-23-37)57(44-33-26-40(27-34-44)47-16-9-18-51-48-14-6-7-19-52(48)59-56(47)51)43-31-24-39(25-32-43)46-15-8-17-49-50-35-28-41-21-20-38-12-4-5-13-45(38)53(41)55(50)58-54(46)49/h1-35H. The van der Waals surface area contributed by atoms with Crippen molar-refractivity contribution in [3.63, 3.8) is 0 Å². The summed E-state index contributed by atoms with van der Waals surface area (Å²) < 4.78 is 9.55. The molecule has 2 nitrogen and oxygen atoms in total. The molecule has 0 aliphatic carbocycles. The van der Waals surface area contributed by atoms with Gasteiger partial charge in [0.05, 0.1) is 0 Å². The van der Waals surface area contributed by atoms with Crippen LogP contribution in [0.1, 0.15) is 0 Å². The molecule has 0 saturated heterocycles. The topological polar surface area (TPSA) is 16.4 Å². The van der Waals surface area contributed by atoms with Crippen molar-refractivity contribution >= 4 is 92.1 Å². The van der Waals surface area contributed by atoms with E-state index >= 15 is 0 Å². The monoisotopic (exact) mass is 769 g/mol. The summed E-state index contributed by atoms with van der Waals surface area (Å²) in [6.07, 6.45) is 0. The number of nitrogens with zero attached hydrogens (tertiary/aromatic N) is 1. The molecule has 0 spiro atoms. The quantitative estimate of drug-likeness (QED) is 0.157. The van der Waals surface area contributed by atoms with Crippen LogP contribution in [0.25, 0.3) is 97.0 Å². The first-order valence-electron chi connectivity index (χ1n) is 20.1. The summed E-state index contributed by atoms with van der Waals surface area (Å²) in [6.45, 7) is 0. The Morgan fingerprint density at radius 2 is 0.847 bits per heavy atom. The van der Waals surface area contributed by atoms with Gasteiger partial charge in [0.2, 0.25) is 0 Å². The van der Waals surface area contributed by atoms with Crippen molar-refractivity contribution in [3.8, 4) is 33.4 Å². The summed E-state index contributed by atoms with van der Waals surface area (Å²) in [5.74, 6) is 0. The zero-order chi connectivity index (χ0) is 38.9. The summed E-state index contributed by atoms with van der Waals surface area (Å²) in [7, 11) is 0. The van der Waals surface area contributed by atoms with Gasteiger partial charge in [-0.2, -0.15) is 0 Å². The Balaban J connectivity index is 0.957. The predicted octanol–water partition coefficient (Wildman–Crippen LogP) is 16.7. The van der Waals surface area contributed by atoms with E-state index in [1.54, 1.807) is 0 Å². The molecule has 0 atom stereocenters. The number of hydrogen-bond acceptors (Lipinski definition) is 3. The van der Waals surface area contributed by atoms with Gasteiger partial charge in [0.15, 0.2) is 0 Å². The molecule has 2 aromatic heterocycles. The normalized spacial score (nSPS) is 11.7. The van der Waals surface area contributed by atoms with E-state index in [4.69, 9.17) is 4.42 Å². The van der Waals surface area contributed by atoms with Gasteiger partial charge in [0, 0.05) is 59.0 Å². The molecule has 0 bridgehead atoms. The molecule has 0 radical (unpaired) electrons. The Morgan fingerprint density at radius 1 is 0.322 bits per heavy atom. The van der Waals surface area contributed by atoms with Crippen molar-refractivity contribution in [2.24, 2.45) is 0 Å². The highest BCUT2D eigenvalue weighted by Gasteiger charge is 2.18. The molecule has 0 saturated carbocycles. The van der Waals surface area contributed by atoms with Gasteiger partial charge < -0.3 is 9.32 Å². The Labute approximate surface area is 345 Å². The lowest BCUT2D eigenvalue weighted by Gasteiger charge is -2.26. The predicted molar refractivity (Wildman–Crippen MR) is 253 cm³/mol. The molecule has 12 aromatic rings. The summed E-state index contributed by atoms with van der Waals surface area (Å²) >= 11 is 1.87. The minimum Gasteiger partial charge on any atom is -0.455 e. The number of benzene rings is 10. The lowest BCUT2D eigenvalue weighted by Crippen LogP contribution is -2.09. The molecule has 276 valence electrons. The minimum absolute atomic E-state index is 0.910. The zero-order valence-corrected chi connectivity index (χ0v) is 32.8. The van der Waals surface area contributed by atoms with Crippen LogP contribution in [0.15, 0.2) is 217 Å². The van der Waals surface area contributed by atoms with Gasteiger partial charge in [0.1, 0.15) is 11.2 Å². The van der Waals surface area contributed by atoms with Crippen LogP contribution in [0.4, 0.5) is 17.1 Å². The van der Waals surface area contributed by atoms with Crippen LogP contribution in [0.3, 0.4) is 0 Å². The van der Waals surface area contributed by atoms with Crippen molar-refractivity contribution in [1.82, 2.24) is 0 Å².